The molecule has 0 amide bonds. The summed E-state index contributed by atoms with van der Waals surface area (Å²) in [6.07, 6.45) is 0. The quantitative estimate of drug-likeness (QED) is 0.581. The topological polar surface area (TPSA) is 0 Å². The molecule has 0 spiro atoms. The Hall–Kier alpha value is -2.85. The third kappa shape index (κ3) is 3.24. The summed E-state index contributed by atoms with van der Waals surface area (Å²) in [4.78, 5) is 0. The van der Waals surface area contributed by atoms with Gasteiger partial charge in [-0.2, -0.15) is 0 Å². The van der Waals surface area contributed by atoms with E-state index >= 15 is 0 Å². The minimum Gasteiger partial charge on any atom is -0.206 e. The standard InChI is InChI=1S/C21H15F/c22-21-14-8-7-13-19(21)15-16-20(17-9-3-1-4-10-17)18-11-5-2-6-12-18/h1-14,20H. The molecule has 0 radical (unpaired) electrons. The van der Waals surface area contributed by atoms with Gasteiger partial charge in [0.2, 0.25) is 0 Å². The van der Waals surface area contributed by atoms with Crippen molar-refractivity contribution in [2.24, 2.45) is 0 Å². The van der Waals surface area contributed by atoms with E-state index in [0.717, 1.165) is 11.1 Å². The fraction of sp³-hybridized carbons (Fsp3) is 0.0476. The molecule has 0 aliphatic rings. The first-order valence-electron chi connectivity index (χ1n) is 7.20. The molecule has 0 aromatic heterocycles. The SMILES string of the molecule is Fc1ccccc1C#CC(c1ccccc1)c1ccccc1. The minimum absolute atomic E-state index is 0.0676. The minimum atomic E-state index is -0.283. The van der Waals surface area contributed by atoms with Gasteiger partial charge in [-0.15, -0.1) is 0 Å². The first-order chi connectivity index (χ1) is 10.8. The fourth-order valence-corrected chi connectivity index (χ4v) is 2.36. The van der Waals surface area contributed by atoms with Gasteiger partial charge in [-0.1, -0.05) is 84.6 Å². The van der Waals surface area contributed by atoms with Crippen LogP contribution in [0.1, 0.15) is 22.6 Å². The molecule has 0 aliphatic heterocycles. The third-order valence-electron chi connectivity index (χ3n) is 3.49. The number of hydrogen-bond donors (Lipinski definition) is 0. The van der Waals surface area contributed by atoms with E-state index in [2.05, 4.69) is 11.8 Å². The highest BCUT2D eigenvalue weighted by molar-refractivity contribution is 5.44. The number of hydrogen-bond acceptors (Lipinski definition) is 0. The van der Waals surface area contributed by atoms with Crippen molar-refractivity contribution in [1.82, 2.24) is 0 Å². The van der Waals surface area contributed by atoms with Crippen LogP contribution >= 0.6 is 0 Å². The van der Waals surface area contributed by atoms with Crippen molar-refractivity contribution in [3.05, 3.63) is 107 Å². The summed E-state index contributed by atoms with van der Waals surface area (Å²) in [6, 6.07) is 26.8. The lowest BCUT2D eigenvalue weighted by atomic mass is 9.91. The molecule has 0 unspecified atom stereocenters. The van der Waals surface area contributed by atoms with Crippen molar-refractivity contribution in [2.75, 3.05) is 0 Å². The molecule has 106 valence electrons. The van der Waals surface area contributed by atoms with E-state index < -0.39 is 0 Å². The monoisotopic (exact) mass is 286 g/mol. The smallest absolute Gasteiger partial charge is 0.138 e. The Morgan fingerprint density at radius 2 is 1.14 bits per heavy atom. The zero-order valence-corrected chi connectivity index (χ0v) is 12.0. The summed E-state index contributed by atoms with van der Waals surface area (Å²) in [6.45, 7) is 0. The Bertz CT molecular complexity index is 756. The largest absolute Gasteiger partial charge is 0.206 e. The molecule has 0 nitrogen and oxygen atoms in total. The van der Waals surface area contributed by atoms with Crippen molar-refractivity contribution in [3.8, 4) is 11.8 Å². The summed E-state index contributed by atoms with van der Waals surface area (Å²) in [7, 11) is 0. The Morgan fingerprint density at radius 3 is 1.68 bits per heavy atom. The van der Waals surface area contributed by atoms with Crippen molar-refractivity contribution in [1.29, 1.82) is 0 Å². The first-order valence-corrected chi connectivity index (χ1v) is 7.20. The molecule has 0 heterocycles. The molecule has 0 N–H and O–H groups in total. The third-order valence-corrected chi connectivity index (χ3v) is 3.49. The zero-order valence-electron chi connectivity index (χ0n) is 12.0. The van der Waals surface area contributed by atoms with E-state index in [4.69, 9.17) is 0 Å². The van der Waals surface area contributed by atoms with Crippen LogP contribution in [-0.2, 0) is 0 Å². The Balaban J connectivity index is 2.03. The molecule has 0 saturated heterocycles. The highest BCUT2D eigenvalue weighted by Gasteiger charge is 2.10. The normalized spacial score (nSPS) is 10.1. The van der Waals surface area contributed by atoms with Crippen LogP contribution in [0.15, 0.2) is 84.9 Å². The molecule has 0 atom stereocenters. The lowest BCUT2D eigenvalue weighted by molar-refractivity contribution is 0.624. The lowest BCUT2D eigenvalue weighted by Crippen LogP contribution is -1.98. The van der Waals surface area contributed by atoms with Gasteiger partial charge in [0, 0.05) is 0 Å². The van der Waals surface area contributed by atoms with Crippen molar-refractivity contribution >= 4 is 0 Å². The highest BCUT2D eigenvalue weighted by Crippen LogP contribution is 2.23. The molecular formula is C21H15F. The van der Waals surface area contributed by atoms with Crippen LogP contribution in [0.5, 0.6) is 0 Å². The summed E-state index contributed by atoms with van der Waals surface area (Å²) in [5.74, 6) is 5.85. The van der Waals surface area contributed by atoms with E-state index in [-0.39, 0.29) is 11.7 Å². The highest BCUT2D eigenvalue weighted by atomic mass is 19.1. The predicted octanol–water partition coefficient (Wildman–Crippen LogP) is 5.01. The van der Waals surface area contributed by atoms with Crippen LogP contribution < -0.4 is 0 Å². The average Bonchev–Trinajstić information content (AvgIpc) is 2.59. The van der Waals surface area contributed by atoms with Crippen LogP contribution in [0.2, 0.25) is 0 Å². The van der Waals surface area contributed by atoms with Crippen molar-refractivity contribution in [2.45, 2.75) is 5.92 Å². The Morgan fingerprint density at radius 1 is 0.636 bits per heavy atom. The molecule has 3 rings (SSSR count). The van der Waals surface area contributed by atoms with Gasteiger partial charge in [0.25, 0.3) is 0 Å². The summed E-state index contributed by atoms with van der Waals surface area (Å²) in [5, 5.41) is 0. The Labute approximate surface area is 130 Å². The van der Waals surface area contributed by atoms with Gasteiger partial charge >= 0.3 is 0 Å². The van der Waals surface area contributed by atoms with Crippen molar-refractivity contribution in [3.63, 3.8) is 0 Å². The van der Waals surface area contributed by atoms with Crippen LogP contribution in [0.25, 0.3) is 0 Å². The second-order valence-corrected chi connectivity index (χ2v) is 5.00. The van der Waals surface area contributed by atoms with Gasteiger partial charge in [0.15, 0.2) is 0 Å². The van der Waals surface area contributed by atoms with Gasteiger partial charge in [0.1, 0.15) is 5.82 Å². The van der Waals surface area contributed by atoms with E-state index in [9.17, 15) is 4.39 Å². The second-order valence-electron chi connectivity index (χ2n) is 5.00. The van der Waals surface area contributed by atoms with Crippen LogP contribution in [0.3, 0.4) is 0 Å². The van der Waals surface area contributed by atoms with Crippen LogP contribution in [0, 0.1) is 17.7 Å². The van der Waals surface area contributed by atoms with Gasteiger partial charge in [-0.05, 0) is 23.3 Å². The van der Waals surface area contributed by atoms with E-state index in [1.807, 2.05) is 60.7 Å². The van der Waals surface area contributed by atoms with E-state index in [1.165, 1.54) is 6.07 Å². The van der Waals surface area contributed by atoms with Crippen LogP contribution in [-0.4, -0.2) is 0 Å². The molecule has 0 saturated carbocycles. The average molecular weight is 286 g/mol. The first kappa shape index (κ1) is 14.1. The Kier molecular flexibility index (Phi) is 4.32. The zero-order chi connectivity index (χ0) is 15.2. The van der Waals surface area contributed by atoms with E-state index in [0.29, 0.717) is 5.56 Å². The fourth-order valence-electron chi connectivity index (χ4n) is 2.36. The van der Waals surface area contributed by atoms with Crippen LogP contribution in [0.4, 0.5) is 4.39 Å². The summed E-state index contributed by atoms with van der Waals surface area (Å²) < 4.78 is 13.7. The predicted molar refractivity (Wildman–Crippen MR) is 88.0 cm³/mol. The molecule has 22 heavy (non-hydrogen) atoms. The number of benzene rings is 3. The van der Waals surface area contributed by atoms with Gasteiger partial charge in [-0.25, -0.2) is 4.39 Å². The van der Waals surface area contributed by atoms with Gasteiger partial charge < -0.3 is 0 Å². The maximum Gasteiger partial charge on any atom is 0.138 e. The van der Waals surface area contributed by atoms with Crippen molar-refractivity contribution < 1.29 is 4.39 Å². The lowest BCUT2D eigenvalue weighted by Gasteiger charge is -2.11. The second kappa shape index (κ2) is 6.74. The summed E-state index contributed by atoms with van der Waals surface area (Å²) >= 11 is 0. The molecule has 3 aromatic carbocycles. The molecule has 1 heteroatoms. The van der Waals surface area contributed by atoms with E-state index in [1.54, 1.807) is 18.2 Å². The number of halogens is 1. The molecule has 3 aromatic rings. The van der Waals surface area contributed by atoms with Gasteiger partial charge in [-0.3, -0.25) is 0 Å². The molecule has 0 bridgehead atoms. The maximum atomic E-state index is 13.7. The summed E-state index contributed by atoms with van der Waals surface area (Å²) in [5.41, 5.74) is 2.65. The molecular weight excluding hydrogens is 271 g/mol. The maximum absolute atomic E-state index is 13.7. The molecule has 0 fully saturated rings. The number of rotatable bonds is 2. The molecule has 0 aliphatic carbocycles. The van der Waals surface area contributed by atoms with Gasteiger partial charge in [0.05, 0.1) is 11.5 Å².